The Morgan fingerprint density at radius 1 is 0.889 bits per heavy atom. The number of nitrogens with one attached hydrogen (secondary N) is 1. The summed E-state index contributed by atoms with van der Waals surface area (Å²) in [5.74, 6) is 1.71. The molecule has 0 bridgehead atoms. The minimum absolute atomic E-state index is 0.391. The second-order valence-electron chi connectivity index (χ2n) is 7.99. The number of alkyl halides is 1. The highest BCUT2D eigenvalue weighted by atomic mass is 127. The van der Waals surface area contributed by atoms with Gasteiger partial charge in [-0.25, -0.2) is 0 Å². The lowest BCUT2D eigenvalue weighted by Gasteiger charge is -2.34. The van der Waals surface area contributed by atoms with Crippen LogP contribution in [0.25, 0.3) is 0 Å². The van der Waals surface area contributed by atoms with E-state index >= 15 is 0 Å². The summed E-state index contributed by atoms with van der Waals surface area (Å²) in [5, 5.41) is 3.77. The van der Waals surface area contributed by atoms with Crippen LogP contribution in [0.4, 0.5) is 0 Å². The SMILES string of the molecule is I[C@H]1CC[C@@H](OC2=CC(C3=C/C=C\C=C/C=C\3)=CC3NCCCCC23)CC1. The molecule has 0 aromatic carbocycles. The third kappa shape index (κ3) is 5.05. The van der Waals surface area contributed by atoms with Crippen molar-refractivity contribution in [1.82, 2.24) is 5.32 Å². The van der Waals surface area contributed by atoms with E-state index < -0.39 is 0 Å². The molecule has 1 aliphatic heterocycles. The third-order valence-corrected chi connectivity index (χ3v) is 7.26. The highest BCUT2D eigenvalue weighted by Gasteiger charge is 2.32. The summed E-state index contributed by atoms with van der Waals surface area (Å²) >= 11 is 2.60. The molecule has 0 aromatic heterocycles. The Kier molecular flexibility index (Phi) is 6.72. The maximum absolute atomic E-state index is 6.68. The summed E-state index contributed by atoms with van der Waals surface area (Å²) in [7, 11) is 0. The Morgan fingerprint density at radius 2 is 1.70 bits per heavy atom. The van der Waals surface area contributed by atoms with E-state index in [4.69, 9.17) is 4.74 Å². The third-order valence-electron chi connectivity index (χ3n) is 6.01. The van der Waals surface area contributed by atoms with Crippen LogP contribution in [0.5, 0.6) is 0 Å². The minimum atomic E-state index is 0.391. The van der Waals surface area contributed by atoms with E-state index in [1.165, 1.54) is 61.9 Å². The van der Waals surface area contributed by atoms with Crippen molar-refractivity contribution in [2.45, 2.75) is 61.0 Å². The molecule has 2 atom stereocenters. The van der Waals surface area contributed by atoms with Crippen LogP contribution in [-0.4, -0.2) is 22.6 Å². The van der Waals surface area contributed by atoms with E-state index in [0.717, 1.165) is 10.5 Å². The highest BCUT2D eigenvalue weighted by molar-refractivity contribution is 14.1. The molecule has 0 aromatic rings. The Hall–Kier alpha value is -1.07. The fraction of sp³-hybridized carbons (Fsp3) is 0.500. The molecule has 1 saturated heterocycles. The first kappa shape index (κ1) is 19.3. The molecule has 0 spiro atoms. The fourth-order valence-electron chi connectivity index (χ4n) is 4.47. The molecule has 27 heavy (non-hydrogen) atoms. The zero-order valence-corrected chi connectivity index (χ0v) is 18.1. The maximum Gasteiger partial charge on any atom is 0.102 e. The Balaban J connectivity index is 1.59. The van der Waals surface area contributed by atoms with Crippen LogP contribution in [0.15, 0.2) is 71.6 Å². The molecule has 1 saturated carbocycles. The normalized spacial score (nSPS) is 39.2. The van der Waals surface area contributed by atoms with Crippen molar-refractivity contribution >= 4 is 22.6 Å². The van der Waals surface area contributed by atoms with Crippen molar-refractivity contribution in [3.63, 3.8) is 0 Å². The number of fused-ring (bicyclic) bond motifs is 1. The zero-order chi connectivity index (χ0) is 18.5. The summed E-state index contributed by atoms with van der Waals surface area (Å²) in [5.41, 5.74) is 2.55. The lowest BCUT2D eigenvalue weighted by molar-refractivity contribution is 0.0603. The van der Waals surface area contributed by atoms with Gasteiger partial charge in [-0.05, 0) is 62.3 Å². The van der Waals surface area contributed by atoms with Crippen molar-refractivity contribution in [3.8, 4) is 0 Å². The van der Waals surface area contributed by atoms with E-state index in [2.05, 4.69) is 82.6 Å². The van der Waals surface area contributed by atoms with Gasteiger partial charge in [-0.3, -0.25) is 0 Å². The molecule has 4 aliphatic rings. The van der Waals surface area contributed by atoms with Crippen molar-refractivity contribution in [1.29, 1.82) is 0 Å². The molecule has 3 heteroatoms. The molecule has 1 N–H and O–H groups in total. The molecule has 1 heterocycles. The zero-order valence-electron chi connectivity index (χ0n) is 15.9. The number of hydrogen-bond acceptors (Lipinski definition) is 2. The van der Waals surface area contributed by atoms with E-state index in [1.54, 1.807) is 0 Å². The summed E-state index contributed by atoms with van der Waals surface area (Å²) in [4.78, 5) is 0. The van der Waals surface area contributed by atoms with Gasteiger partial charge >= 0.3 is 0 Å². The summed E-state index contributed by atoms with van der Waals surface area (Å²) in [6.07, 6.45) is 28.8. The second kappa shape index (κ2) is 9.42. The monoisotopic (exact) mass is 475 g/mol. The molecule has 2 fully saturated rings. The fourth-order valence-corrected chi connectivity index (χ4v) is 5.19. The Morgan fingerprint density at radius 3 is 2.59 bits per heavy atom. The molecule has 144 valence electrons. The van der Waals surface area contributed by atoms with Crippen LogP contribution in [0, 0.1) is 5.92 Å². The number of hydrogen-bond donors (Lipinski definition) is 1. The van der Waals surface area contributed by atoms with Gasteiger partial charge in [0.05, 0.1) is 6.10 Å². The van der Waals surface area contributed by atoms with Gasteiger partial charge in [0.1, 0.15) is 5.76 Å². The van der Waals surface area contributed by atoms with Gasteiger partial charge in [0, 0.05) is 15.9 Å². The van der Waals surface area contributed by atoms with E-state index in [0.29, 0.717) is 18.1 Å². The van der Waals surface area contributed by atoms with Gasteiger partial charge in [-0.1, -0.05) is 77.6 Å². The van der Waals surface area contributed by atoms with Crippen LogP contribution in [0.3, 0.4) is 0 Å². The molecular weight excluding hydrogens is 445 g/mol. The lowest BCUT2D eigenvalue weighted by atomic mass is 9.84. The maximum atomic E-state index is 6.68. The van der Waals surface area contributed by atoms with Crippen LogP contribution in [0.2, 0.25) is 0 Å². The van der Waals surface area contributed by atoms with Gasteiger partial charge in [-0.15, -0.1) is 0 Å². The molecular formula is C24H30INO. The first-order valence-corrected chi connectivity index (χ1v) is 11.7. The number of halogens is 1. The summed E-state index contributed by atoms with van der Waals surface area (Å²) in [6, 6.07) is 0.391. The standard InChI is InChI=1S/C24H30INO/c25-20-11-13-21(14-12-20)27-24-17-19(18-8-4-2-1-3-5-9-18)16-23-22(24)10-6-7-15-26-23/h1-5,8-9,16-17,20-23,26H,6-7,10-15H2/b2-1-,3-1?,4-2?,5-3-,8-4-,9-5?,18-8?,18-9+/t20-,21+,22?,23?. The quantitative estimate of drug-likeness (QED) is 0.403. The van der Waals surface area contributed by atoms with Gasteiger partial charge in [-0.2, -0.15) is 0 Å². The topological polar surface area (TPSA) is 21.3 Å². The van der Waals surface area contributed by atoms with Crippen molar-refractivity contribution in [2.24, 2.45) is 5.92 Å². The van der Waals surface area contributed by atoms with Gasteiger partial charge in [0.2, 0.25) is 0 Å². The number of rotatable bonds is 3. The largest absolute Gasteiger partial charge is 0.494 e. The molecule has 3 aliphatic carbocycles. The van der Waals surface area contributed by atoms with Crippen molar-refractivity contribution < 1.29 is 4.74 Å². The molecule has 2 unspecified atom stereocenters. The molecule has 0 amide bonds. The smallest absolute Gasteiger partial charge is 0.102 e. The number of ether oxygens (including phenoxy) is 1. The average Bonchev–Trinajstić information content (AvgIpc) is 2.89. The van der Waals surface area contributed by atoms with E-state index in [1.807, 2.05) is 0 Å². The van der Waals surface area contributed by atoms with Crippen LogP contribution in [-0.2, 0) is 4.74 Å². The molecule has 2 nitrogen and oxygen atoms in total. The van der Waals surface area contributed by atoms with Crippen LogP contribution < -0.4 is 5.32 Å². The van der Waals surface area contributed by atoms with Gasteiger partial charge in [0.15, 0.2) is 0 Å². The van der Waals surface area contributed by atoms with Crippen LogP contribution >= 0.6 is 22.6 Å². The summed E-state index contributed by atoms with van der Waals surface area (Å²) in [6.45, 7) is 1.11. The van der Waals surface area contributed by atoms with Crippen LogP contribution in [0.1, 0.15) is 44.9 Å². The number of allylic oxidation sites excluding steroid dienone is 10. The van der Waals surface area contributed by atoms with Crippen molar-refractivity contribution in [3.05, 3.63) is 71.6 Å². The van der Waals surface area contributed by atoms with Gasteiger partial charge < -0.3 is 10.1 Å². The lowest BCUT2D eigenvalue weighted by Crippen LogP contribution is -2.37. The molecule has 0 radical (unpaired) electrons. The first-order chi connectivity index (χ1) is 13.3. The predicted molar refractivity (Wildman–Crippen MR) is 122 cm³/mol. The molecule has 4 rings (SSSR count). The second-order valence-corrected chi connectivity index (χ2v) is 9.76. The first-order valence-electron chi connectivity index (χ1n) is 10.5. The highest BCUT2D eigenvalue weighted by Crippen LogP contribution is 2.37. The van der Waals surface area contributed by atoms with Gasteiger partial charge in [0.25, 0.3) is 0 Å². The Bertz CT molecular complexity index is 704. The van der Waals surface area contributed by atoms with E-state index in [9.17, 15) is 0 Å². The predicted octanol–water partition coefficient (Wildman–Crippen LogP) is 5.94. The Labute approximate surface area is 177 Å². The summed E-state index contributed by atoms with van der Waals surface area (Å²) < 4.78 is 7.51. The van der Waals surface area contributed by atoms with Crippen molar-refractivity contribution in [2.75, 3.05) is 6.54 Å². The average molecular weight is 475 g/mol. The minimum Gasteiger partial charge on any atom is -0.494 e. The van der Waals surface area contributed by atoms with E-state index in [-0.39, 0.29) is 0 Å².